The Balaban J connectivity index is 1.36. The molecule has 0 saturated carbocycles. The summed E-state index contributed by atoms with van der Waals surface area (Å²) in [6, 6.07) is 10.4. The number of piperazine rings is 1. The van der Waals surface area contributed by atoms with E-state index in [-0.39, 0.29) is 11.6 Å². The molecule has 0 unspecified atom stereocenters. The van der Waals surface area contributed by atoms with E-state index >= 15 is 0 Å². The highest BCUT2D eigenvalue weighted by atomic mass is 16.1. The number of hydrogen-bond donors (Lipinski definition) is 0. The highest BCUT2D eigenvalue weighted by Gasteiger charge is 2.24. The topological polar surface area (TPSA) is 78.1 Å². The summed E-state index contributed by atoms with van der Waals surface area (Å²) in [4.78, 5) is 26.6. The van der Waals surface area contributed by atoms with Crippen LogP contribution in [0.3, 0.4) is 0 Å². The minimum absolute atomic E-state index is 0.00286. The summed E-state index contributed by atoms with van der Waals surface area (Å²) in [5.74, 6) is 0.831. The van der Waals surface area contributed by atoms with Crippen molar-refractivity contribution in [2.75, 3.05) is 36.0 Å². The van der Waals surface area contributed by atoms with Crippen LogP contribution in [-0.2, 0) is 12.8 Å². The highest BCUT2D eigenvalue weighted by Crippen LogP contribution is 2.28. The molecule has 0 bridgehead atoms. The van der Waals surface area contributed by atoms with Crippen LogP contribution in [0, 0.1) is 11.3 Å². The second kappa shape index (κ2) is 7.69. The van der Waals surface area contributed by atoms with E-state index in [1.807, 2.05) is 38.1 Å². The van der Waals surface area contributed by atoms with Gasteiger partial charge in [0, 0.05) is 43.6 Å². The van der Waals surface area contributed by atoms with Crippen molar-refractivity contribution < 1.29 is 0 Å². The molecule has 0 atom stereocenters. The van der Waals surface area contributed by atoms with Gasteiger partial charge in [-0.2, -0.15) is 5.26 Å². The minimum Gasteiger partial charge on any atom is -0.368 e. The third-order valence-electron chi connectivity index (χ3n) is 6.42. The average Bonchev–Trinajstić information content (AvgIpc) is 3.25. The first-order chi connectivity index (χ1) is 15.0. The van der Waals surface area contributed by atoms with Crippen molar-refractivity contribution in [2.45, 2.75) is 39.2 Å². The number of hydrogen-bond acceptors (Lipinski definition) is 6. The second-order valence-electron chi connectivity index (χ2n) is 8.66. The predicted octanol–water partition coefficient (Wildman–Crippen LogP) is 3.06. The maximum Gasteiger partial charge on any atom is 0.261 e. The Kier molecular flexibility index (Phi) is 4.85. The van der Waals surface area contributed by atoms with Gasteiger partial charge >= 0.3 is 0 Å². The Bertz CT molecular complexity index is 1250. The van der Waals surface area contributed by atoms with Gasteiger partial charge in [-0.05, 0) is 62.9 Å². The van der Waals surface area contributed by atoms with Crippen LogP contribution in [0.5, 0.6) is 0 Å². The molecule has 1 aliphatic carbocycles. The van der Waals surface area contributed by atoms with Gasteiger partial charge in [-0.1, -0.05) is 0 Å². The molecular weight excluding hydrogens is 388 g/mol. The molecule has 158 valence electrons. The maximum atomic E-state index is 12.7. The van der Waals surface area contributed by atoms with E-state index < -0.39 is 0 Å². The molecule has 1 aliphatic heterocycles. The molecule has 0 radical (unpaired) electrons. The largest absolute Gasteiger partial charge is 0.368 e. The number of benzene rings is 1. The van der Waals surface area contributed by atoms with Gasteiger partial charge < -0.3 is 9.80 Å². The van der Waals surface area contributed by atoms with Gasteiger partial charge in [0.25, 0.3) is 5.56 Å². The van der Waals surface area contributed by atoms with E-state index in [1.165, 1.54) is 5.56 Å². The molecule has 2 aliphatic rings. The molecule has 7 nitrogen and oxygen atoms in total. The lowest BCUT2D eigenvalue weighted by Crippen LogP contribution is -2.47. The average molecular weight is 415 g/mol. The van der Waals surface area contributed by atoms with Gasteiger partial charge in [0.05, 0.1) is 22.8 Å². The van der Waals surface area contributed by atoms with E-state index in [9.17, 15) is 10.1 Å². The van der Waals surface area contributed by atoms with Gasteiger partial charge in [-0.25, -0.2) is 9.97 Å². The fraction of sp³-hybridized carbons (Fsp3) is 0.417. The number of nitrogens with zero attached hydrogens (tertiary/aromatic N) is 6. The summed E-state index contributed by atoms with van der Waals surface area (Å²) in [6.07, 6.45) is 4.81. The summed E-state index contributed by atoms with van der Waals surface area (Å²) in [5, 5.41) is 10.3. The van der Waals surface area contributed by atoms with Gasteiger partial charge in [-0.3, -0.25) is 9.36 Å². The first-order valence-electron chi connectivity index (χ1n) is 11.0. The Labute approximate surface area is 181 Å². The lowest BCUT2D eigenvalue weighted by molar-refractivity contribution is 0.573. The molecule has 3 heterocycles. The van der Waals surface area contributed by atoms with Crippen LogP contribution in [0.4, 0.5) is 11.5 Å². The second-order valence-corrected chi connectivity index (χ2v) is 8.66. The predicted molar refractivity (Wildman–Crippen MR) is 122 cm³/mol. The molecular formula is C24H26N6O. The van der Waals surface area contributed by atoms with Crippen molar-refractivity contribution in [1.29, 1.82) is 5.26 Å². The SMILES string of the molecule is CC(C)n1cnc2cc(N3CCN(c4nc5c(cc4C#N)CCC5)CC3)ccc2c1=O. The number of fused-ring (bicyclic) bond motifs is 2. The smallest absolute Gasteiger partial charge is 0.261 e. The maximum absolute atomic E-state index is 12.7. The molecule has 0 amide bonds. The van der Waals surface area contributed by atoms with Crippen LogP contribution < -0.4 is 15.4 Å². The van der Waals surface area contributed by atoms with Gasteiger partial charge in [0.2, 0.25) is 0 Å². The van der Waals surface area contributed by atoms with Crippen LogP contribution in [-0.4, -0.2) is 40.7 Å². The third-order valence-corrected chi connectivity index (χ3v) is 6.42. The molecule has 1 saturated heterocycles. The lowest BCUT2D eigenvalue weighted by atomic mass is 10.1. The summed E-state index contributed by atoms with van der Waals surface area (Å²) < 4.78 is 1.66. The minimum atomic E-state index is 0.00286. The Morgan fingerprint density at radius 3 is 2.58 bits per heavy atom. The Morgan fingerprint density at radius 1 is 1.06 bits per heavy atom. The molecule has 31 heavy (non-hydrogen) atoms. The number of pyridine rings is 1. The number of aromatic nitrogens is 3. The zero-order valence-corrected chi connectivity index (χ0v) is 18.0. The fourth-order valence-electron chi connectivity index (χ4n) is 4.65. The number of nitriles is 1. The molecule has 5 rings (SSSR count). The molecule has 0 spiro atoms. The van der Waals surface area contributed by atoms with Crippen molar-refractivity contribution in [1.82, 2.24) is 14.5 Å². The fourth-order valence-corrected chi connectivity index (χ4v) is 4.65. The van der Waals surface area contributed by atoms with Crippen molar-refractivity contribution >= 4 is 22.4 Å². The highest BCUT2D eigenvalue weighted by molar-refractivity contribution is 5.81. The summed E-state index contributed by atoms with van der Waals surface area (Å²) in [5.41, 5.74) is 4.88. The zero-order valence-electron chi connectivity index (χ0n) is 18.0. The molecule has 1 fully saturated rings. The lowest BCUT2D eigenvalue weighted by Gasteiger charge is -2.37. The van der Waals surface area contributed by atoms with Crippen LogP contribution in [0.2, 0.25) is 0 Å². The zero-order chi connectivity index (χ0) is 21.5. The normalized spacial score (nSPS) is 16.1. The standard InChI is InChI=1S/C24H26N6O/c1-16(2)30-15-26-22-13-19(6-7-20(22)24(30)31)28-8-10-29(11-9-28)23-18(14-25)12-17-4-3-5-21(17)27-23/h6-7,12-13,15-16H,3-5,8-11H2,1-2H3. The number of aryl methyl sites for hydroxylation is 2. The van der Waals surface area contributed by atoms with E-state index in [0.29, 0.717) is 10.9 Å². The van der Waals surface area contributed by atoms with Gasteiger partial charge in [-0.15, -0.1) is 0 Å². The first-order valence-corrected chi connectivity index (χ1v) is 11.0. The van der Waals surface area contributed by atoms with E-state index in [1.54, 1.807) is 10.9 Å². The number of rotatable bonds is 3. The van der Waals surface area contributed by atoms with E-state index in [4.69, 9.17) is 4.98 Å². The van der Waals surface area contributed by atoms with Crippen LogP contribution >= 0.6 is 0 Å². The third kappa shape index (κ3) is 3.42. The van der Waals surface area contributed by atoms with E-state index in [2.05, 4.69) is 20.9 Å². The van der Waals surface area contributed by atoms with Crippen molar-refractivity contribution in [3.05, 3.63) is 57.8 Å². The first kappa shape index (κ1) is 19.6. The summed E-state index contributed by atoms with van der Waals surface area (Å²) in [7, 11) is 0. The van der Waals surface area contributed by atoms with E-state index in [0.717, 1.165) is 68.2 Å². The summed E-state index contributed by atoms with van der Waals surface area (Å²) in [6.45, 7) is 7.24. The molecule has 2 aromatic heterocycles. The molecule has 7 heteroatoms. The van der Waals surface area contributed by atoms with Crippen LogP contribution in [0.1, 0.15) is 43.1 Å². The van der Waals surface area contributed by atoms with Gasteiger partial charge in [0.15, 0.2) is 0 Å². The van der Waals surface area contributed by atoms with Gasteiger partial charge in [0.1, 0.15) is 11.9 Å². The van der Waals surface area contributed by atoms with Crippen LogP contribution in [0.15, 0.2) is 35.4 Å². The molecule has 3 aromatic rings. The summed E-state index contributed by atoms with van der Waals surface area (Å²) >= 11 is 0. The van der Waals surface area contributed by atoms with Crippen molar-refractivity contribution in [3.8, 4) is 6.07 Å². The number of anilines is 2. The molecule has 1 aromatic carbocycles. The Morgan fingerprint density at radius 2 is 1.84 bits per heavy atom. The Hall–Kier alpha value is -3.40. The van der Waals surface area contributed by atoms with Crippen LogP contribution in [0.25, 0.3) is 10.9 Å². The monoisotopic (exact) mass is 414 g/mol. The van der Waals surface area contributed by atoms with Crippen molar-refractivity contribution in [2.24, 2.45) is 0 Å². The molecule has 0 N–H and O–H groups in total. The quantitative estimate of drug-likeness (QED) is 0.656. The van der Waals surface area contributed by atoms with Crippen molar-refractivity contribution in [3.63, 3.8) is 0 Å².